The summed E-state index contributed by atoms with van der Waals surface area (Å²) in [5, 5.41) is 0. The standard InChI is InChI=1S/C15H24N4OS/c1-21-9-4-13-3-2-12(11-18-15(16)17)10-14(13)19-5-7-20-8-6-19/h2-3,10H,4-9,11H2,1H3,(H4,16,17,18). The highest BCUT2D eigenvalue weighted by molar-refractivity contribution is 7.98. The Morgan fingerprint density at radius 2 is 2.10 bits per heavy atom. The van der Waals surface area contributed by atoms with E-state index in [1.54, 1.807) is 0 Å². The van der Waals surface area contributed by atoms with Crippen molar-refractivity contribution in [1.82, 2.24) is 0 Å². The zero-order chi connectivity index (χ0) is 15.1. The van der Waals surface area contributed by atoms with Crippen LogP contribution in [0.15, 0.2) is 23.2 Å². The molecule has 1 saturated heterocycles. The van der Waals surface area contributed by atoms with Gasteiger partial charge in [0.1, 0.15) is 0 Å². The van der Waals surface area contributed by atoms with Gasteiger partial charge in [-0.1, -0.05) is 12.1 Å². The largest absolute Gasteiger partial charge is 0.378 e. The zero-order valence-electron chi connectivity index (χ0n) is 12.5. The monoisotopic (exact) mass is 308 g/mol. The molecule has 0 bridgehead atoms. The van der Waals surface area contributed by atoms with Gasteiger partial charge in [-0.15, -0.1) is 0 Å². The van der Waals surface area contributed by atoms with Crippen molar-refractivity contribution in [3.8, 4) is 0 Å². The fraction of sp³-hybridized carbons (Fsp3) is 0.533. The lowest BCUT2D eigenvalue weighted by atomic mass is 10.1. The Morgan fingerprint density at radius 1 is 1.33 bits per heavy atom. The smallest absolute Gasteiger partial charge is 0.186 e. The number of nitrogens with zero attached hydrogens (tertiary/aromatic N) is 2. The summed E-state index contributed by atoms with van der Waals surface area (Å²) in [6, 6.07) is 6.54. The molecular formula is C15H24N4OS. The maximum atomic E-state index is 5.45. The lowest BCUT2D eigenvalue weighted by molar-refractivity contribution is 0.122. The molecular weight excluding hydrogens is 284 g/mol. The molecule has 21 heavy (non-hydrogen) atoms. The first-order valence-electron chi connectivity index (χ1n) is 7.19. The van der Waals surface area contributed by atoms with Crippen molar-refractivity contribution >= 4 is 23.4 Å². The van der Waals surface area contributed by atoms with E-state index >= 15 is 0 Å². The number of ether oxygens (including phenoxy) is 1. The number of aryl methyl sites for hydroxylation is 1. The van der Waals surface area contributed by atoms with E-state index in [2.05, 4.69) is 34.3 Å². The van der Waals surface area contributed by atoms with Crippen molar-refractivity contribution in [2.24, 2.45) is 16.5 Å². The van der Waals surface area contributed by atoms with E-state index in [-0.39, 0.29) is 5.96 Å². The Balaban J connectivity index is 2.21. The number of benzene rings is 1. The Labute approximate surface area is 130 Å². The quantitative estimate of drug-likeness (QED) is 0.610. The van der Waals surface area contributed by atoms with Crippen LogP contribution < -0.4 is 16.4 Å². The molecule has 5 nitrogen and oxygen atoms in total. The first-order valence-corrected chi connectivity index (χ1v) is 8.59. The molecule has 116 valence electrons. The number of nitrogens with two attached hydrogens (primary N) is 2. The highest BCUT2D eigenvalue weighted by atomic mass is 32.2. The molecule has 0 unspecified atom stereocenters. The van der Waals surface area contributed by atoms with E-state index in [9.17, 15) is 0 Å². The van der Waals surface area contributed by atoms with Crippen LogP contribution in [0, 0.1) is 0 Å². The van der Waals surface area contributed by atoms with Crippen molar-refractivity contribution in [2.45, 2.75) is 13.0 Å². The molecule has 4 N–H and O–H groups in total. The minimum atomic E-state index is 0.134. The third-order valence-electron chi connectivity index (χ3n) is 3.52. The maximum absolute atomic E-state index is 5.45. The van der Waals surface area contributed by atoms with Gasteiger partial charge in [-0.05, 0) is 35.6 Å². The number of hydrogen-bond acceptors (Lipinski definition) is 4. The molecule has 1 heterocycles. The average Bonchev–Trinajstić information content (AvgIpc) is 2.52. The number of aliphatic imine (C=N–C) groups is 1. The average molecular weight is 308 g/mol. The van der Waals surface area contributed by atoms with Gasteiger partial charge in [0, 0.05) is 18.8 Å². The summed E-state index contributed by atoms with van der Waals surface area (Å²) in [5.41, 5.74) is 14.7. The summed E-state index contributed by atoms with van der Waals surface area (Å²) in [6.45, 7) is 4.00. The number of guanidine groups is 1. The Hall–Kier alpha value is -1.40. The van der Waals surface area contributed by atoms with Crippen LogP contribution in [0.3, 0.4) is 0 Å². The van der Waals surface area contributed by atoms with Gasteiger partial charge in [-0.3, -0.25) is 0 Å². The third kappa shape index (κ3) is 4.82. The second-order valence-corrected chi connectivity index (χ2v) is 6.03. The molecule has 0 spiro atoms. The molecule has 1 aliphatic heterocycles. The summed E-state index contributed by atoms with van der Waals surface area (Å²) in [6.07, 6.45) is 3.22. The molecule has 0 radical (unpaired) electrons. The first kappa shape index (κ1) is 16.0. The molecule has 6 heteroatoms. The van der Waals surface area contributed by atoms with Crippen LogP contribution in [0.1, 0.15) is 11.1 Å². The molecule has 1 aromatic carbocycles. The van der Waals surface area contributed by atoms with Gasteiger partial charge in [0.15, 0.2) is 5.96 Å². The van der Waals surface area contributed by atoms with Crippen LogP contribution in [-0.2, 0) is 17.7 Å². The van der Waals surface area contributed by atoms with Gasteiger partial charge in [-0.2, -0.15) is 11.8 Å². The summed E-state index contributed by atoms with van der Waals surface area (Å²) in [5.74, 6) is 1.26. The summed E-state index contributed by atoms with van der Waals surface area (Å²) >= 11 is 1.87. The van der Waals surface area contributed by atoms with Gasteiger partial charge in [-0.25, -0.2) is 4.99 Å². The zero-order valence-corrected chi connectivity index (χ0v) is 13.4. The van der Waals surface area contributed by atoms with Crippen LogP contribution >= 0.6 is 11.8 Å². The molecule has 2 rings (SSSR count). The molecule has 1 fully saturated rings. The number of morpholine rings is 1. The van der Waals surface area contributed by atoms with E-state index in [1.807, 2.05) is 11.8 Å². The predicted octanol–water partition coefficient (Wildman–Crippen LogP) is 1.20. The Kier molecular flexibility index (Phi) is 6.20. The first-order chi connectivity index (χ1) is 10.2. The van der Waals surface area contributed by atoms with Gasteiger partial charge in [0.25, 0.3) is 0 Å². The highest BCUT2D eigenvalue weighted by Crippen LogP contribution is 2.25. The van der Waals surface area contributed by atoms with Crippen LogP contribution in [-0.4, -0.2) is 44.3 Å². The van der Waals surface area contributed by atoms with Crippen LogP contribution in [0.4, 0.5) is 5.69 Å². The van der Waals surface area contributed by atoms with E-state index in [1.165, 1.54) is 11.3 Å². The van der Waals surface area contributed by atoms with E-state index in [4.69, 9.17) is 16.2 Å². The van der Waals surface area contributed by atoms with Crippen molar-refractivity contribution in [3.05, 3.63) is 29.3 Å². The lowest BCUT2D eigenvalue weighted by Crippen LogP contribution is -2.36. The van der Waals surface area contributed by atoms with Gasteiger partial charge in [0.2, 0.25) is 0 Å². The number of hydrogen-bond donors (Lipinski definition) is 2. The molecule has 1 aromatic rings. The minimum Gasteiger partial charge on any atom is -0.378 e. The van der Waals surface area contributed by atoms with Crippen molar-refractivity contribution in [3.63, 3.8) is 0 Å². The van der Waals surface area contributed by atoms with Crippen molar-refractivity contribution in [1.29, 1.82) is 0 Å². The summed E-state index contributed by atoms with van der Waals surface area (Å²) in [7, 11) is 0. The second kappa shape index (κ2) is 8.14. The molecule has 0 aliphatic carbocycles. The van der Waals surface area contributed by atoms with Crippen LogP contribution in [0.5, 0.6) is 0 Å². The van der Waals surface area contributed by atoms with Gasteiger partial charge in [0.05, 0.1) is 19.8 Å². The Bertz CT molecular complexity index is 483. The minimum absolute atomic E-state index is 0.134. The van der Waals surface area contributed by atoms with Gasteiger partial charge < -0.3 is 21.1 Å². The molecule has 0 atom stereocenters. The van der Waals surface area contributed by atoms with Crippen LogP contribution in [0.2, 0.25) is 0 Å². The van der Waals surface area contributed by atoms with Crippen molar-refractivity contribution < 1.29 is 4.74 Å². The van der Waals surface area contributed by atoms with Crippen LogP contribution in [0.25, 0.3) is 0 Å². The number of anilines is 1. The molecule has 0 amide bonds. The molecule has 0 aromatic heterocycles. The predicted molar refractivity (Wildman–Crippen MR) is 91.1 cm³/mol. The fourth-order valence-corrected chi connectivity index (χ4v) is 2.84. The van der Waals surface area contributed by atoms with E-state index in [0.717, 1.165) is 44.0 Å². The number of thioether (sulfide) groups is 1. The van der Waals surface area contributed by atoms with E-state index in [0.29, 0.717) is 6.54 Å². The topological polar surface area (TPSA) is 76.9 Å². The Morgan fingerprint density at radius 3 is 2.76 bits per heavy atom. The molecule has 1 aliphatic rings. The number of rotatable bonds is 6. The normalized spacial score (nSPS) is 15.0. The highest BCUT2D eigenvalue weighted by Gasteiger charge is 2.15. The maximum Gasteiger partial charge on any atom is 0.186 e. The third-order valence-corrected chi connectivity index (χ3v) is 4.13. The lowest BCUT2D eigenvalue weighted by Gasteiger charge is -2.31. The fourth-order valence-electron chi connectivity index (χ4n) is 2.41. The second-order valence-electron chi connectivity index (χ2n) is 5.05. The van der Waals surface area contributed by atoms with Gasteiger partial charge >= 0.3 is 0 Å². The van der Waals surface area contributed by atoms with E-state index < -0.39 is 0 Å². The SMILES string of the molecule is CSCCc1ccc(CN=C(N)N)cc1N1CCOCC1. The summed E-state index contributed by atoms with van der Waals surface area (Å²) < 4.78 is 5.45. The van der Waals surface area contributed by atoms with Crippen molar-refractivity contribution in [2.75, 3.05) is 43.2 Å². The summed E-state index contributed by atoms with van der Waals surface area (Å²) in [4.78, 5) is 6.50. The molecule has 0 saturated carbocycles.